The van der Waals surface area contributed by atoms with Gasteiger partial charge in [0.25, 0.3) is 0 Å². The van der Waals surface area contributed by atoms with Crippen LogP contribution in [0.25, 0.3) is 0 Å². The zero-order chi connectivity index (χ0) is 13.3. The Morgan fingerprint density at radius 1 is 1.67 bits per heavy atom. The molecule has 2 rings (SSSR count). The molecule has 96 valence electrons. The third-order valence-electron chi connectivity index (χ3n) is 2.77. The molecule has 2 N–H and O–H groups in total. The third kappa shape index (κ3) is 2.19. The highest BCUT2D eigenvalue weighted by Crippen LogP contribution is 2.31. The molecule has 0 saturated carbocycles. The standard InChI is InChI=1S/C9H10ClN5O3/c10-9-12-4-6(15(17)18)8(13-9)14-3-1-2-5(14)7(11)16/h4-5H,1-3H2,(H2,11,16). The summed E-state index contributed by atoms with van der Waals surface area (Å²) in [5.41, 5.74) is 4.98. The van der Waals surface area contributed by atoms with Crippen LogP contribution < -0.4 is 10.6 Å². The first kappa shape index (κ1) is 12.5. The number of carbonyl (C=O) groups is 1. The number of primary amides is 1. The third-order valence-corrected chi connectivity index (χ3v) is 2.95. The highest BCUT2D eigenvalue weighted by atomic mass is 35.5. The van der Waals surface area contributed by atoms with Gasteiger partial charge in [0.1, 0.15) is 12.2 Å². The minimum Gasteiger partial charge on any atom is -0.368 e. The molecule has 1 atom stereocenters. The maximum absolute atomic E-state index is 11.3. The van der Waals surface area contributed by atoms with E-state index in [-0.39, 0.29) is 16.8 Å². The van der Waals surface area contributed by atoms with Gasteiger partial charge < -0.3 is 10.6 Å². The smallest absolute Gasteiger partial charge is 0.329 e. The molecular formula is C9H10ClN5O3. The summed E-state index contributed by atoms with van der Waals surface area (Å²) in [6.07, 6.45) is 2.29. The van der Waals surface area contributed by atoms with Crippen molar-refractivity contribution in [2.75, 3.05) is 11.4 Å². The van der Waals surface area contributed by atoms with Crippen LogP contribution in [0.2, 0.25) is 5.28 Å². The lowest BCUT2D eigenvalue weighted by molar-refractivity contribution is -0.384. The number of anilines is 1. The van der Waals surface area contributed by atoms with Gasteiger partial charge in [-0.15, -0.1) is 0 Å². The quantitative estimate of drug-likeness (QED) is 0.486. The lowest BCUT2D eigenvalue weighted by atomic mass is 10.2. The van der Waals surface area contributed by atoms with E-state index in [0.29, 0.717) is 19.4 Å². The van der Waals surface area contributed by atoms with Crippen molar-refractivity contribution in [1.29, 1.82) is 0 Å². The number of hydrogen-bond acceptors (Lipinski definition) is 6. The van der Waals surface area contributed by atoms with Gasteiger partial charge in [-0.2, -0.15) is 4.98 Å². The van der Waals surface area contributed by atoms with Crippen LogP contribution in [0.1, 0.15) is 12.8 Å². The van der Waals surface area contributed by atoms with Gasteiger partial charge in [-0.05, 0) is 24.4 Å². The molecule has 1 fully saturated rings. The van der Waals surface area contributed by atoms with Gasteiger partial charge in [0.2, 0.25) is 17.0 Å². The van der Waals surface area contributed by atoms with E-state index in [0.717, 1.165) is 6.20 Å². The zero-order valence-electron chi connectivity index (χ0n) is 9.24. The first-order valence-electron chi connectivity index (χ1n) is 5.23. The van der Waals surface area contributed by atoms with Gasteiger partial charge in [0.15, 0.2) is 0 Å². The van der Waals surface area contributed by atoms with Crippen molar-refractivity contribution in [3.8, 4) is 0 Å². The van der Waals surface area contributed by atoms with Crippen LogP contribution in [0.3, 0.4) is 0 Å². The maximum Gasteiger partial charge on any atom is 0.329 e. The number of amides is 1. The Bertz CT molecular complexity index is 509. The van der Waals surface area contributed by atoms with Crippen LogP contribution in [-0.2, 0) is 4.79 Å². The van der Waals surface area contributed by atoms with Crippen molar-refractivity contribution < 1.29 is 9.72 Å². The SMILES string of the molecule is NC(=O)C1CCCN1c1nc(Cl)ncc1[N+](=O)[O-]. The molecule has 1 aromatic heterocycles. The Morgan fingerprint density at radius 2 is 2.39 bits per heavy atom. The molecule has 0 aromatic carbocycles. The molecule has 0 aliphatic carbocycles. The fourth-order valence-corrected chi connectivity index (χ4v) is 2.13. The number of aromatic nitrogens is 2. The molecular weight excluding hydrogens is 262 g/mol. The first-order chi connectivity index (χ1) is 8.50. The van der Waals surface area contributed by atoms with E-state index in [1.807, 2.05) is 0 Å². The fourth-order valence-electron chi connectivity index (χ4n) is 2.00. The van der Waals surface area contributed by atoms with Gasteiger partial charge in [0.05, 0.1) is 4.92 Å². The van der Waals surface area contributed by atoms with Crippen LogP contribution in [0.5, 0.6) is 0 Å². The van der Waals surface area contributed by atoms with Gasteiger partial charge in [0, 0.05) is 6.54 Å². The zero-order valence-corrected chi connectivity index (χ0v) is 10.0. The average Bonchev–Trinajstić information content (AvgIpc) is 2.77. The Morgan fingerprint density at radius 3 is 3.00 bits per heavy atom. The lowest BCUT2D eigenvalue weighted by Gasteiger charge is -2.22. The molecule has 1 saturated heterocycles. The molecule has 1 aliphatic heterocycles. The minimum atomic E-state index is -0.609. The predicted octanol–water partition coefficient (Wildman–Crippen LogP) is 0.492. The summed E-state index contributed by atoms with van der Waals surface area (Å²) in [5, 5.41) is 10.8. The summed E-state index contributed by atoms with van der Waals surface area (Å²) in [5.74, 6) is -0.488. The molecule has 2 heterocycles. The molecule has 18 heavy (non-hydrogen) atoms. The number of halogens is 1. The van der Waals surface area contributed by atoms with E-state index in [9.17, 15) is 14.9 Å². The highest BCUT2D eigenvalue weighted by molar-refractivity contribution is 6.28. The normalized spacial score (nSPS) is 18.9. The van der Waals surface area contributed by atoms with E-state index in [1.165, 1.54) is 4.90 Å². The summed E-state index contributed by atoms with van der Waals surface area (Å²) < 4.78 is 0. The number of nitrogens with two attached hydrogens (primary N) is 1. The summed E-state index contributed by atoms with van der Waals surface area (Å²) in [6.45, 7) is 0.474. The van der Waals surface area contributed by atoms with Gasteiger partial charge in [-0.3, -0.25) is 14.9 Å². The first-order valence-corrected chi connectivity index (χ1v) is 5.61. The molecule has 8 nitrogen and oxygen atoms in total. The van der Waals surface area contributed by atoms with E-state index >= 15 is 0 Å². The monoisotopic (exact) mass is 271 g/mol. The Kier molecular flexibility index (Phi) is 3.28. The molecule has 1 aliphatic rings. The van der Waals surface area contributed by atoms with Crippen molar-refractivity contribution in [3.63, 3.8) is 0 Å². The van der Waals surface area contributed by atoms with Crippen LogP contribution >= 0.6 is 11.6 Å². The van der Waals surface area contributed by atoms with Gasteiger partial charge in [-0.1, -0.05) is 0 Å². The summed E-state index contributed by atoms with van der Waals surface area (Å²) >= 11 is 5.64. The number of hydrogen-bond donors (Lipinski definition) is 1. The lowest BCUT2D eigenvalue weighted by Crippen LogP contribution is -2.41. The second kappa shape index (κ2) is 4.73. The molecule has 9 heteroatoms. The van der Waals surface area contributed by atoms with E-state index in [2.05, 4.69) is 9.97 Å². The van der Waals surface area contributed by atoms with Crippen LogP contribution in [0.4, 0.5) is 11.5 Å². The highest BCUT2D eigenvalue weighted by Gasteiger charge is 2.34. The number of nitrogens with zero attached hydrogens (tertiary/aromatic N) is 4. The van der Waals surface area contributed by atoms with Gasteiger partial charge >= 0.3 is 5.69 Å². The summed E-state index contributed by atoms with van der Waals surface area (Å²) in [7, 11) is 0. The largest absolute Gasteiger partial charge is 0.368 e. The van der Waals surface area contributed by atoms with Crippen LogP contribution in [0.15, 0.2) is 6.20 Å². The molecule has 0 spiro atoms. The molecule has 1 unspecified atom stereocenters. The van der Waals surface area contributed by atoms with Crippen molar-refractivity contribution >= 4 is 29.0 Å². The average molecular weight is 272 g/mol. The van der Waals surface area contributed by atoms with Crippen LogP contribution in [0, 0.1) is 10.1 Å². The van der Waals surface area contributed by atoms with Crippen molar-refractivity contribution in [2.24, 2.45) is 5.73 Å². The van der Waals surface area contributed by atoms with E-state index in [1.54, 1.807) is 0 Å². The van der Waals surface area contributed by atoms with E-state index in [4.69, 9.17) is 17.3 Å². The second-order valence-corrected chi connectivity index (χ2v) is 4.20. The fraction of sp³-hybridized carbons (Fsp3) is 0.444. The Hall–Kier alpha value is -1.96. The number of nitro groups is 1. The minimum absolute atomic E-state index is 0.0429. The Labute approximate surface area is 107 Å². The maximum atomic E-state index is 11.3. The molecule has 0 bridgehead atoms. The van der Waals surface area contributed by atoms with E-state index < -0.39 is 16.9 Å². The van der Waals surface area contributed by atoms with Crippen LogP contribution in [-0.4, -0.2) is 33.4 Å². The summed E-state index contributed by atoms with van der Waals surface area (Å²) in [4.78, 5) is 30.5. The Balaban J connectivity index is 2.46. The number of carbonyl (C=O) groups excluding carboxylic acids is 1. The van der Waals surface area contributed by atoms with Gasteiger partial charge in [-0.25, -0.2) is 4.98 Å². The van der Waals surface area contributed by atoms with Crippen molar-refractivity contribution in [2.45, 2.75) is 18.9 Å². The second-order valence-electron chi connectivity index (χ2n) is 3.86. The molecule has 1 aromatic rings. The summed E-state index contributed by atoms with van der Waals surface area (Å²) in [6, 6.07) is -0.588. The van der Waals surface area contributed by atoms with Crippen molar-refractivity contribution in [3.05, 3.63) is 21.6 Å². The predicted molar refractivity (Wildman–Crippen MR) is 63.3 cm³/mol. The molecule has 0 radical (unpaired) electrons. The molecule has 1 amide bonds. The topological polar surface area (TPSA) is 115 Å². The number of rotatable bonds is 3. The van der Waals surface area contributed by atoms with Crippen molar-refractivity contribution in [1.82, 2.24) is 9.97 Å².